The van der Waals surface area contributed by atoms with Gasteiger partial charge >= 0.3 is 0 Å². The van der Waals surface area contributed by atoms with E-state index in [9.17, 15) is 0 Å². The highest BCUT2D eigenvalue weighted by atomic mass is 15.2. The molecule has 24 rings (SSSR count). The Labute approximate surface area is 673 Å². The molecular weight excluding hydrogens is 1400 g/mol. The molecule has 0 spiro atoms. The molecule has 22 aromatic rings. The van der Waals surface area contributed by atoms with Crippen molar-refractivity contribution >= 4 is 155 Å². The molecule has 7 heterocycles. The van der Waals surface area contributed by atoms with E-state index in [1.807, 2.05) is 0 Å². The second kappa shape index (κ2) is 24.7. The van der Waals surface area contributed by atoms with Crippen LogP contribution in [-0.4, -0.2) is 20.1 Å². The van der Waals surface area contributed by atoms with E-state index in [4.69, 9.17) is 0 Å². The molecule has 2 aliphatic heterocycles. The summed E-state index contributed by atoms with van der Waals surface area (Å²) in [4.78, 5) is 5.42. The summed E-state index contributed by atoms with van der Waals surface area (Å²) in [5.41, 5.74) is 37.3. The molecule has 2 aliphatic rings. The van der Waals surface area contributed by atoms with Crippen LogP contribution in [0.3, 0.4) is 0 Å². The van der Waals surface area contributed by atoms with Gasteiger partial charge in [0.2, 0.25) is 0 Å². The normalized spacial score (nSPS) is 13.0. The largest absolute Gasteiger partial charge is 0.311 e. The van der Waals surface area contributed by atoms with Crippen molar-refractivity contribution in [2.75, 3.05) is 9.80 Å². The Bertz CT molecular complexity index is 7220. The van der Waals surface area contributed by atoms with E-state index in [0.29, 0.717) is 0 Å². The van der Waals surface area contributed by atoms with Gasteiger partial charge in [-0.15, -0.1) is 0 Å². The van der Waals surface area contributed by atoms with Crippen molar-refractivity contribution < 1.29 is 0 Å². The fourth-order valence-corrected chi connectivity index (χ4v) is 20.4. The van der Waals surface area contributed by atoms with Gasteiger partial charge in [-0.25, -0.2) is 0 Å². The van der Waals surface area contributed by atoms with E-state index in [1.54, 1.807) is 0 Å². The highest BCUT2D eigenvalue weighted by Crippen LogP contribution is 2.55. The molecule has 0 saturated heterocycles. The zero-order valence-electron chi connectivity index (χ0n) is 65.5. The van der Waals surface area contributed by atoms with Crippen molar-refractivity contribution in [3.63, 3.8) is 0 Å². The van der Waals surface area contributed by atoms with Crippen LogP contribution in [0, 0.1) is 0 Å². The van der Waals surface area contributed by atoms with Crippen molar-refractivity contribution in [1.82, 2.24) is 13.4 Å². The summed E-state index contributed by atoms with van der Waals surface area (Å²) in [5.74, 6) is 0. The third kappa shape index (κ3) is 9.65. The minimum absolute atomic E-state index is 0.108. The van der Waals surface area contributed by atoms with E-state index < -0.39 is 0 Å². The lowest BCUT2D eigenvalue weighted by Gasteiger charge is -2.46. The first kappa shape index (κ1) is 66.4. The van der Waals surface area contributed by atoms with Crippen molar-refractivity contribution in [2.24, 2.45) is 0 Å². The molecule has 17 aromatic carbocycles. The van der Waals surface area contributed by atoms with Crippen molar-refractivity contribution in [1.29, 1.82) is 0 Å². The van der Waals surface area contributed by atoms with Gasteiger partial charge in [0.05, 0.1) is 61.2 Å². The van der Waals surface area contributed by atoms with Gasteiger partial charge in [-0.05, 0) is 203 Å². The molecule has 0 atom stereocenters. The highest BCUT2D eigenvalue weighted by molar-refractivity contribution is 7.00. The van der Waals surface area contributed by atoms with Crippen LogP contribution in [0.1, 0.15) is 52.7 Å². The van der Waals surface area contributed by atoms with Crippen LogP contribution >= 0.6 is 0 Å². The Morgan fingerprint density at radius 3 is 0.871 bits per heavy atom. The molecule has 0 fully saturated rings. The Kier molecular flexibility index (Phi) is 14.1. The molecule has 0 radical (unpaired) electrons. The summed E-state index contributed by atoms with van der Waals surface area (Å²) in [7, 11) is 0. The van der Waals surface area contributed by atoms with E-state index in [2.05, 4.69) is 429 Å². The zero-order valence-corrected chi connectivity index (χ0v) is 65.5. The van der Waals surface area contributed by atoms with Crippen LogP contribution in [0.15, 0.2) is 364 Å². The number of rotatable bonds is 9. The molecule has 116 heavy (non-hydrogen) atoms. The van der Waals surface area contributed by atoms with Gasteiger partial charge in [-0.2, -0.15) is 0 Å². The van der Waals surface area contributed by atoms with Crippen LogP contribution in [0.4, 0.5) is 34.1 Å². The number of nitrogens with zero attached hydrogens (tertiary/aromatic N) is 5. The van der Waals surface area contributed by atoms with E-state index in [1.165, 1.54) is 126 Å². The number of para-hydroxylation sites is 6. The summed E-state index contributed by atoms with van der Waals surface area (Å²) in [6, 6.07) is 139. The standard InChI is InChI=1S/C110H78BN5/c1-109(2,3)73-51-53-100-86(59-73)87-60-74(110(4,5)6)52-54-101(87)112(100)75-61-104-106-105(62-75)114(95-46-26-20-40-77(95)72-57-90-80-43-23-29-49-98(80)116-99-50-30-24-44-81(99)91(58-72)108(90)116)103-66-85(70-37-17-10-18-38-70)83(68-33-13-8-14-34-68)64-93(103)111(106)92-63-82(67-31-11-7-12-32-67)84(69-35-15-9-16-36-69)65-102(92)113(104)94-45-25-19-39-76(94)71-55-88-78-41-21-27-47-96(78)115-97-48-28-22-42-79(97)89(56-71)107(88)115/h7-66H,1-6H3. The quantitative estimate of drug-likeness (QED) is 0.134. The maximum Gasteiger partial charge on any atom is 0.252 e. The fraction of sp³-hybridized carbons (Fsp3) is 0.0727. The van der Waals surface area contributed by atoms with Crippen molar-refractivity contribution in [3.8, 4) is 72.4 Å². The lowest BCUT2D eigenvalue weighted by atomic mass is 9.33. The van der Waals surface area contributed by atoms with Gasteiger partial charge in [-0.3, -0.25) is 0 Å². The molecule has 5 aromatic heterocycles. The van der Waals surface area contributed by atoms with Gasteiger partial charge in [0, 0.05) is 87.7 Å². The topological polar surface area (TPSA) is 20.2 Å². The molecule has 6 heteroatoms. The van der Waals surface area contributed by atoms with E-state index in [-0.39, 0.29) is 17.5 Å². The molecule has 5 nitrogen and oxygen atoms in total. The van der Waals surface area contributed by atoms with Gasteiger partial charge in [0.15, 0.2) is 0 Å². The van der Waals surface area contributed by atoms with Gasteiger partial charge in [0.1, 0.15) is 0 Å². The molecule has 0 saturated carbocycles. The number of anilines is 6. The molecule has 546 valence electrons. The second-order valence-electron chi connectivity index (χ2n) is 34.3. The number of aromatic nitrogens is 3. The second-order valence-corrected chi connectivity index (χ2v) is 34.3. The Morgan fingerprint density at radius 2 is 0.526 bits per heavy atom. The number of fused-ring (bicyclic) bond motifs is 19. The Hall–Kier alpha value is -14.2. The minimum Gasteiger partial charge on any atom is -0.311 e. The van der Waals surface area contributed by atoms with Crippen LogP contribution in [-0.2, 0) is 10.8 Å². The lowest BCUT2D eigenvalue weighted by molar-refractivity contribution is 0.590. The van der Waals surface area contributed by atoms with Crippen molar-refractivity contribution in [2.45, 2.75) is 52.4 Å². The van der Waals surface area contributed by atoms with Crippen LogP contribution < -0.4 is 26.2 Å². The van der Waals surface area contributed by atoms with Gasteiger partial charge in [0.25, 0.3) is 6.71 Å². The highest BCUT2D eigenvalue weighted by Gasteiger charge is 2.46. The minimum atomic E-state index is -0.327. The molecule has 0 aliphatic carbocycles. The fourth-order valence-electron chi connectivity index (χ4n) is 20.4. The van der Waals surface area contributed by atoms with Crippen LogP contribution in [0.5, 0.6) is 0 Å². The SMILES string of the molecule is CC(C)(C)c1ccc2c(c1)c1cc(C(C)(C)C)ccc1n2-c1cc2c3c(c1)N(c1ccccc1-c1cc4c5ccccc5n5c6ccccc6c(c1)c45)c1cc(-c4ccccc4)c(-c4ccccc4)cc1B3c1cc(-c3ccccc3)c(-c3ccccc3)cc1N2c1ccccc1-c1cc2c3ccccc3n3c4ccccc4c(c1)c23. The zero-order chi connectivity index (χ0) is 77.1. The predicted molar refractivity (Wildman–Crippen MR) is 494 cm³/mol. The van der Waals surface area contributed by atoms with Crippen LogP contribution in [0.25, 0.3) is 170 Å². The first-order valence-corrected chi connectivity index (χ1v) is 40.8. The predicted octanol–water partition coefficient (Wildman–Crippen LogP) is 27.8. The first-order chi connectivity index (χ1) is 56.8. The molecule has 0 N–H and O–H groups in total. The average molecular weight is 1480 g/mol. The monoisotopic (exact) mass is 1480 g/mol. The van der Waals surface area contributed by atoms with Crippen molar-refractivity contribution in [3.05, 3.63) is 375 Å². The summed E-state index contributed by atoms with van der Waals surface area (Å²) in [5, 5.41) is 12.4. The van der Waals surface area contributed by atoms with Gasteiger partial charge in [-0.1, -0.05) is 296 Å². The average Bonchev–Trinajstić information content (AvgIpc) is 1.06. The first-order valence-electron chi connectivity index (χ1n) is 40.8. The third-order valence-corrected chi connectivity index (χ3v) is 25.7. The summed E-state index contributed by atoms with van der Waals surface area (Å²) in [6.07, 6.45) is 0. The molecule has 0 unspecified atom stereocenters. The van der Waals surface area contributed by atoms with Crippen LogP contribution in [0.2, 0.25) is 0 Å². The molecule has 0 bridgehead atoms. The molecular formula is C110H78BN5. The maximum absolute atomic E-state index is 2.71. The third-order valence-electron chi connectivity index (χ3n) is 25.7. The summed E-state index contributed by atoms with van der Waals surface area (Å²) >= 11 is 0. The number of benzene rings is 17. The Morgan fingerprint density at radius 1 is 0.216 bits per heavy atom. The Balaban J connectivity index is 0.882. The van der Waals surface area contributed by atoms with E-state index in [0.717, 1.165) is 106 Å². The number of hydrogen-bond acceptors (Lipinski definition) is 2. The molecule has 0 amide bonds. The summed E-state index contributed by atoms with van der Waals surface area (Å²) < 4.78 is 7.61. The smallest absolute Gasteiger partial charge is 0.252 e. The lowest BCUT2D eigenvalue weighted by Crippen LogP contribution is -2.61. The maximum atomic E-state index is 2.71. The van der Waals surface area contributed by atoms with E-state index >= 15 is 0 Å². The number of hydrogen-bond donors (Lipinski definition) is 0. The van der Waals surface area contributed by atoms with Gasteiger partial charge < -0.3 is 23.2 Å². The summed E-state index contributed by atoms with van der Waals surface area (Å²) in [6.45, 7) is 13.7.